The number of nitrogens with zero attached hydrogens (tertiary/aromatic N) is 3. The number of ether oxygens (including phenoxy) is 2. The van der Waals surface area contributed by atoms with E-state index in [9.17, 15) is 4.79 Å². The molecule has 146 valence electrons. The molecule has 1 N–H and O–H groups in total. The van der Waals surface area contributed by atoms with Gasteiger partial charge in [-0.05, 0) is 17.5 Å². The largest absolute Gasteiger partial charge is 0.383 e. The summed E-state index contributed by atoms with van der Waals surface area (Å²) < 4.78 is 12.2. The molecule has 1 atom stereocenters. The highest BCUT2D eigenvalue weighted by Gasteiger charge is 2.30. The van der Waals surface area contributed by atoms with Crippen molar-refractivity contribution in [2.24, 2.45) is 0 Å². The zero-order valence-electron chi connectivity index (χ0n) is 15.6. The van der Waals surface area contributed by atoms with Crippen molar-refractivity contribution in [3.63, 3.8) is 0 Å². The number of nitrogens with one attached hydrogen (secondary N) is 1. The third-order valence-electron chi connectivity index (χ3n) is 4.66. The summed E-state index contributed by atoms with van der Waals surface area (Å²) in [5.41, 5.74) is 0.941. The minimum atomic E-state index is -0.225. The van der Waals surface area contributed by atoms with Crippen molar-refractivity contribution in [1.82, 2.24) is 15.3 Å². The monoisotopic (exact) mass is 398 g/mol. The molecule has 1 saturated heterocycles. The molecule has 8 heteroatoms. The van der Waals surface area contributed by atoms with Gasteiger partial charge in [-0.25, -0.2) is 9.97 Å². The van der Waals surface area contributed by atoms with E-state index < -0.39 is 0 Å². The van der Waals surface area contributed by atoms with E-state index in [-0.39, 0.29) is 12.0 Å². The maximum Gasteiger partial charge on any atom is 0.261 e. The third kappa shape index (κ3) is 3.84. The molecule has 7 nitrogen and oxygen atoms in total. The minimum absolute atomic E-state index is 0.0927. The van der Waals surface area contributed by atoms with Crippen LogP contribution in [0.4, 0.5) is 5.95 Å². The number of fused-ring (bicyclic) bond motifs is 1. The topological polar surface area (TPSA) is 76.6 Å². The highest BCUT2D eigenvalue weighted by atomic mass is 32.1. The summed E-state index contributed by atoms with van der Waals surface area (Å²) in [6.07, 6.45) is 3.25. The minimum Gasteiger partial charge on any atom is -0.383 e. The Bertz CT molecular complexity index is 947. The first-order valence-electron chi connectivity index (χ1n) is 9.20. The first kappa shape index (κ1) is 18.8. The lowest BCUT2D eigenvalue weighted by atomic mass is 10.0. The van der Waals surface area contributed by atoms with E-state index in [0.717, 1.165) is 22.2 Å². The summed E-state index contributed by atoms with van der Waals surface area (Å²) >= 11 is 1.50. The first-order valence-corrected chi connectivity index (χ1v) is 10.0. The number of morpholine rings is 1. The number of hydrogen-bond donors (Lipinski definition) is 1. The molecule has 0 saturated carbocycles. The Hall–Kier alpha value is -2.55. The SMILES string of the molecule is COCCNC(=O)c1sc2ccccc2c1[C@H]1CN(c2ncccn2)CCO1. The molecule has 0 spiro atoms. The smallest absolute Gasteiger partial charge is 0.261 e. The number of carbonyl (C=O) groups excluding carboxylic acids is 1. The fourth-order valence-corrected chi connectivity index (χ4v) is 4.53. The lowest BCUT2D eigenvalue weighted by molar-refractivity contribution is 0.0396. The van der Waals surface area contributed by atoms with E-state index >= 15 is 0 Å². The van der Waals surface area contributed by atoms with Crippen molar-refractivity contribution in [3.05, 3.63) is 53.2 Å². The summed E-state index contributed by atoms with van der Waals surface area (Å²) in [6, 6.07) is 9.87. The molecular formula is C20H22N4O3S. The van der Waals surface area contributed by atoms with E-state index in [1.807, 2.05) is 18.2 Å². The van der Waals surface area contributed by atoms with Gasteiger partial charge in [-0.2, -0.15) is 0 Å². The summed E-state index contributed by atoms with van der Waals surface area (Å²) in [5, 5.41) is 4.00. The van der Waals surface area contributed by atoms with Gasteiger partial charge in [-0.15, -0.1) is 11.3 Å². The lowest BCUT2D eigenvalue weighted by Crippen LogP contribution is -2.40. The fourth-order valence-electron chi connectivity index (χ4n) is 3.36. The van der Waals surface area contributed by atoms with Gasteiger partial charge in [0.15, 0.2) is 0 Å². The van der Waals surface area contributed by atoms with Crippen molar-refractivity contribution in [2.45, 2.75) is 6.10 Å². The van der Waals surface area contributed by atoms with Gasteiger partial charge in [0.05, 0.1) is 24.6 Å². The Morgan fingerprint density at radius 3 is 2.96 bits per heavy atom. The van der Waals surface area contributed by atoms with E-state index in [2.05, 4.69) is 26.3 Å². The predicted octanol–water partition coefficient (Wildman–Crippen LogP) is 2.65. The van der Waals surface area contributed by atoms with Gasteiger partial charge in [0.1, 0.15) is 6.10 Å². The molecule has 4 rings (SSSR count). The van der Waals surface area contributed by atoms with Crippen LogP contribution in [-0.2, 0) is 9.47 Å². The number of rotatable bonds is 6. The van der Waals surface area contributed by atoms with Crippen molar-refractivity contribution >= 4 is 33.3 Å². The van der Waals surface area contributed by atoms with Crippen LogP contribution in [0.25, 0.3) is 10.1 Å². The van der Waals surface area contributed by atoms with Crippen LogP contribution >= 0.6 is 11.3 Å². The highest BCUT2D eigenvalue weighted by molar-refractivity contribution is 7.21. The summed E-state index contributed by atoms with van der Waals surface area (Å²) in [4.78, 5) is 24.4. The molecule has 28 heavy (non-hydrogen) atoms. The molecule has 1 fully saturated rings. The number of benzene rings is 1. The van der Waals surface area contributed by atoms with Gasteiger partial charge in [-0.1, -0.05) is 18.2 Å². The van der Waals surface area contributed by atoms with E-state index in [1.54, 1.807) is 25.6 Å². The van der Waals surface area contributed by atoms with Gasteiger partial charge in [0.25, 0.3) is 5.91 Å². The second-order valence-corrected chi connectivity index (χ2v) is 7.50. The van der Waals surface area contributed by atoms with Crippen LogP contribution in [0.15, 0.2) is 42.7 Å². The van der Waals surface area contributed by atoms with E-state index in [1.165, 1.54) is 11.3 Å². The Kier molecular flexibility index (Phi) is 5.80. The van der Waals surface area contributed by atoms with Gasteiger partial charge >= 0.3 is 0 Å². The molecule has 3 aromatic rings. The molecule has 1 amide bonds. The van der Waals surface area contributed by atoms with Crippen LogP contribution in [0.3, 0.4) is 0 Å². The van der Waals surface area contributed by atoms with Crippen molar-refractivity contribution in [2.75, 3.05) is 44.9 Å². The second kappa shape index (κ2) is 8.64. The average molecular weight is 398 g/mol. The number of methoxy groups -OCH3 is 1. The summed E-state index contributed by atoms with van der Waals surface area (Å²) in [6.45, 7) is 2.82. The zero-order valence-corrected chi connectivity index (χ0v) is 16.4. The predicted molar refractivity (Wildman–Crippen MR) is 109 cm³/mol. The zero-order chi connectivity index (χ0) is 19.3. The summed E-state index contributed by atoms with van der Waals surface area (Å²) in [7, 11) is 1.62. The van der Waals surface area contributed by atoms with Crippen LogP contribution in [0.5, 0.6) is 0 Å². The number of amides is 1. The van der Waals surface area contributed by atoms with Gasteiger partial charge in [0, 0.05) is 42.9 Å². The average Bonchev–Trinajstić information content (AvgIpc) is 3.14. The van der Waals surface area contributed by atoms with Crippen LogP contribution in [-0.4, -0.2) is 55.8 Å². The number of anilines is 1. The van der Waals surface area contributed by atoms with Crippen molar-refractivity contribution in [1.29, 1.82) is 0 Å². The summed E-state index contributed by atoms with van der Waals surface area (Å²) in [5.74, 6) is 0.589. The molecule has 0 bridgehead atoms. The maximum absolute atomic E-state index is 12.9. The van der Waals surface area contributed by atoms with E-state index in [0.29, 0.717) is 37.1 Å². The lowest BCUT2D eigenvalue weighted by Gasteiger charge is -2.33. The highest BCUT2D eigenvalue weighted by Crippen LogP contribution is 2.38. The molecule has 1 aliphatic rings. The van der Waals surface area contributed by atoms with Crippen LogP contribution in [0.1, 0.15) is 21.3 Å². The van der Waals surface area contributed by atoms with Gasteiger partial charge < -0.3 is 19.7 Å². The molecule has 1 aliphatic heterocycles. The number of hydrogen-bond acceptors (Lipinski definition) is 7. The number of aromatic nitrogens is 2. The van der Waals surface area contributed by atoms with Crippen LogP contribution in [0, 0.1) is 0 Å². The first-order chi connectivity index (χ1) is 13.8. The maximum atomic E-state index is 12.9. The Balaban J connectivity index is 1.66. The van der Waals surface area contributed by atoms with Gasteiger partial charge in [-0.3, -0.25) is 4.79 Å². The van der Waals surface area contributed by atoms with Crippen LogP contribution in [0.2, 0.25) is 0 Å². The quantitative estimate of drug-likeness (QED) is 0.644. The van der Waals surface area contributed by atoms with Crippen LogP contribution < -0.4 is 10.2 Å². The third-order valence-corrected chi connectivity index (χ3v) is 5.84. The molecule has 0 unspecified atom stereocenters. The van der Waals surface area contributed by atoms with E-state index in [4.69, 9.17) is 9.47 Å². The van der Waals surface area contributed by atoms with Gasteiger partial charge in [0.2, 0.25) is 5.95 Å². The Labute approximate surface area is 167 Å². The van der Waals surface area contributed by atoms with Crippen molar-refractivity contribution in [3.8, 4) is 0 Å². The molecule has 1 aromatic carbocycles. The standard InChI is InChI=1S/C20H22N4O3S/c1-26-11-9-21-19(25)18-17(14-5-2-3-6-16(14)28-18)15-13-24(10-12-27-15)20-22-7-4-8-23-20/h2-8,15H,9-13H2,1H3,(H,21,25)/t15-/m1/s1. The molecule has 2 aromatic heterocycles. The Morgan fingerprint density at radius 2 is 2.14 bits per heavy atom. The normalized spacial score (nSPS) is 17.0. The number of thiophene rings is 1. The second-order valence-electron chi connectivity index (χ2n) is 6.44. The Morgan fingerprint density at radius 1 is 1.32 bits per heavy atom. The van der Waals surface area contributed by atoms with Crippen molar-refractivity contribution < 1.29 is 14.3 Å². The molecule has 0 radical (unpaired) electrons. The molecule has 3 heterocycles. The molecule has 0 aliphatic carbocycles. The number of carbonyl (C=O) groups is 1. The fraction of sp³-hybridized carbons (Fsp3) is 0.350. The molecular weight excluding hydrogens is 376 g/mol.